The van der Waals surface area contributed by atoms with E-state index in [-0.39, 0.29) is 5.75 Å². The molecule has 0 aliphatic rings. The van der Waals surface area contributed by atoms with Gasteiger partial charge in [0.05, 0.1) is 23.7 Å². The maximum absolute atomic E-state index is 10.3. The van der Waals surface area contributed by atoms with Crippen LogP contribution in [0.5, 0.6) is 11.5 Å². The summed E-state index contributed by atoms with van der Waals surface area (Å²) in [6, 6.07) is 11.4. The van der Waals surface area contributed by atoms with E-state index in [2.05, 4.69) is 18.0 Å². The van der Waals surface area contributed by atoms with Gasteiger partial charge in [0.25, 0.3) is 0 Å². The van der Waals surface area contributed by atoms with Gasteiger partial charge in [-0.1, -0.05) is 18.2 Å². The predicted molar refractivity (Wildman–Crippen MR) is 79.1 cm³/mol. The molecule has 0 saturated heterocycles. The lowest BCUT2D eigenvalue weighted by atomic mass is 10.1. The van der Waals surface area contributed by atoms with Crippen LogP contribution in [0.25, 0.3) is 22.4 Å². The normalized spacial score (nSPS) is 10.9. The van der Waals surface area contributed by atoms with Crippen LogP contribution >= 0.6 is 0 Å². The van der Waals surface area contributed by atoms with E-state index in [4.69, 9.17) is 4.74 Å². The average molecular weight is 268 g/mol. The third kappa shape index (κ3) is 1.72. The van der Waals surface area contributed by atoms with Gasteiger partial charge >= 0.3 is 0 Å². The van der Waals surface area contributed by atoms with Gasteiger partial charge in [-0.05, 0) is 30.7 Å². The van der Waals surface area contributed by atoms with Gasteiger partial charge in [0, 0.05) is 7.05 Å². The topological polar surface area (TPSA) is 47.3 Å². The molecule has 3 aromatic rings. The summed E-state index contributed by atoms with van der Waals surface area (Å²) in [4.78, 5) is 4.63. The summed E-state index contributed by atoms with van der Waals surface area (Å²) in [5, 5.41) is 10.3. The monoisotopic (exact) mass is 268 g/mol. The van der Waals surface area contributed by atoms with Gasteiger partial charge in [0.2, 0.25) is 0 Å². The molecule has 1 N–H and O–H groups in total. The second-order valence-electron chi connectivity index (χ2n) is 4.79. The number of hydrogen-bond donors (Lipinski definition) is 1. The third-order valence-corrected chi connectivity index (χ3v) is 3.56. The van der Waals surface area contributed by atoms with E-state index in [0.29, 0.717) is 11.3 Å². The van der Waals surface area contributed by atoms with Crippen LogP contribution in [0.4, 0.5) is 0 Å². The zero-order chi connectivity index (χ0) is 14.3. The Balaban J connectivity index is 2.31. The fourth-order valence-corrected chi connectivity index (χ4v) is 2.57. The molecule has 20 heavy (non-hydrogen) atoms. The van der Waals surface area contributed by atoms with Gasteiger partial charge in [-0.15, -0.1) is 0 Å². The molecular weight excluding hydrogens is 252 g/mol. The van der Waals surface area contributed by atoms with Crippen LogP contribution in [0.15, 0.2) is 36.4 Å². The number of aromatic hydroxyl groups is 1. The molecule has 0 aliphatic heterocycles. The molecule has 1 heterocycles. The lowest BCUT2D eigenvalue weighted by molar-refractivity contribution is 0.374. The molecule has 0 spiro atoms. The number of methoxy groups -OCH3 is 1. The number of benzene rings is 2. The number of aryl methyl sites for hydroxylation is 2. The van der Waals surface area contributed by atoms with E-state index in [9.17, 15) is 5.11 Å². The highest BCUT2D eigenvalue weighted by Crippen LogP contribution is 2.37. The fraction of sp³-hybridized carbons (Fsp3) is 0.188. The van der Waals surface area contributed by atoms with Crippen molar-refractivity contribution in [1.29, 1.82) is 0 Å². The highest BCUT2D eigenvalue weighted by Gasteiger charge is 2.16. The Morgan fingerprint density at radius 2 is 1.90 bits per heavy atom. The second-order valence-corrected chi connectivity index (χ2v) is 4.79. The number of phenols is 1. The summed E-state index contributed by atoms with van der Waals surface area (Å²) in [5.74, 6) is 1.29. The van der Waals surface area contributed by atoms with Crippen LogP contribution in [0, 0.1) is 6.92 Å². The zero-order valence-corrected chi connectivity index (χ0v) is 11.7. The molecule has 1 aromatic heterocycles. The Hall–Kier alpha value is -2.49. The predicted octanol–water partition coefficient (Wildman–Crippen LogP) is 3.26. The quantitative estimate of drug-likeness (QED) is 0.776. The van der Waals surface area contributed by atoms with Crippen molar-refractivity contribution >= 4 is 11.0 Å². The lowest BCUT2D eigenvalue weighted by Crippen LogP contribution is -1.95. The van der Waals surface area contributed by atoms with Gasteiger partial charge in [0.1, 0.15) is 5.82 Å². The summed E-state index contributed by atoms with van der Waals surface area (Å²) >= 11 is 0. The highest BCUT2D eigenvalue weighted by molar-refractivity contribution is 5.84. The van der Waals surface area contributed by atoms with Gasteiger partial charge in [-0.2, -0.15) is 0 Å². The molecule has 102 valence electrons. The summed E-state index contributed by atoms with van der Waals surface area (Å²) in [5.41, 5.74) is 3.82. The summed E-state index contributed by atoms with van der Waals surface area (Å²) < 4.78 is 7.16. The molecule has 0 radical (unpaired) electrons. The minimum Gasteiger partial charge on any atom is -0.504 e. The summed E-state index contributed by atoms with van der Waals surface area (Å²) in [7, 11) is 3.49. The number of imidazole rings is 1. The standard InChI is InChI=1S/C16H16N2O2/c1-10-6-4-8-12-14(10)18(2)16(17-12)11-7-5-9-13(20-3)15(11)19/h4-9,19H,1-3H3. The first-order chi connectivity index (χ1) is 9.63. The lowest BCUT2D eigenvalue weighted by Gasteiger charge is -2.09. The molecular formula is C16H16N2O2. The maximum atomic E-state index is 10.3. The van der Waals surface area contributed by atoms with Crippen LogP contribution in [0.1, 0.15) is 5.56 Å². The number of phenolic OH excluding ortho intramolecular Hbond substituents is 1. The molecule has 0 aliphatic carbocycles. The van der Waals surface area contributed by atoms with Crippen molar-refractivity contribution in [3.63, 3.8) is 0 Å². The van der Waals surface area contributed by atoms with E-state index < -0.39 is 0 Å². The Morgan fingerprint density at radius 3 is 2.60 bits per heavy atom. The Morgan fingerprint density at radius 1 is 1.15 bits per heavy atom. The largest absolute Gasteiger partial charge is 0.504 e. The molecule has 0 unspecified atom stereocenters. The molecule has 4 nitrogen and oxygen atoms in total. The number of rotatable bonds is 2. The Bertz CT molecular complexity index is 791. The Kier molecular flexibility index (Phi) is 2.86. The molecule has 0 saturated carbocycles. The molecule has 3 rings (SSSR count). The van der Waals surface area contributed by atoms with Crippen molar-refractivity contribution in [1.82, 2.24) is 9.55 Å². The molecule has 0 bridgehead atoms. The van der Waals surface area contributed by atoms with Gasteiger partial charge < -0.3 is 14.4 Å². The zero-order valence-electron chi connectivity index (χ0n) is 11.7. The number of nitrogens with zero attached hydrogens (tertiary/aromatic N) is 2. The van der Waals surface area contributed by atoms with E-state index in [1.54, 1.807) is 6.07 Å². The molecule has 0 amide bonds. The van der Waals surface area contributed by atoms with Crippen molar-refractivity contribution in [3.8, 4) is 22.9 Å². The molecule has 0 atom stereocenters. The number of ether oxygens (including phenoxy) is 1. The molecule has 2 aromatic carbocycles. The first kappa shape index (κ1) is 12.5. The van der Waals surface area contributed by atoms with Crippen LogP contribution in [-0.2, 0) is 7.05 Å². The van der Waals surface area contributed by atoms with Crippen LogP contribution < -0.4 is 4.74 Å². The molecule has 4 heteroatoms. The van der Waals surface area contributed by atoms with E-state index in [0.717, 1.165) is 22.4 Å². The maximum Gasteiger partial charge on any atom is 0.168 e. The van der Waals surface area contributed by atoms with Crippen molar-refractivity contribution in [2.24, 2.45) is 7.05 Å². The summed E-state index contributed by atoms with van der Waals surface area (Å²) in [6.07, 6.45) is 0. The van der Waals surface area contributed by atoms with Crippen LogP contribution in [-0.4, -0.2) is 21.8 Å². The second kappa shape index (κ2) is 4.56. The fourth-order valence-electron chi connectivity index (χ4n) is 2.57. The van der Waals surface area contributed by atoms with E-state index >= 15 is 0 Å². The van der Waals surface area contributed by atoms with Gasteiger partial charge in [-0.3, -0.25) is 0 Å². The number of aromatic nitrogens is 2. The SMILES string of the molecule is COc1cccc(-c2nc3cccc(C)c3n2C)c1O. The Labute approximate surface area is 117 Å². The summed E-state index contributed by atoms with van der Waals surface area (Å²) in [6.45, 7) is 2.05. The van der Waals surface area contributed by atoms with Crippen LogP contribution in [0.2, 0.25) is 0 Å². The van der Waals surface area contributed by atoms with Gasteiger partial charge in [0.15, 0.2) is 11.5 Å². The average Bonchev–Trinajstić information content (AvgIpc) is 2.78. The first-order valence-corrected chi connectivity index (χ1v) is 6.42. The van der Waals surface area contributed by atoms with Gasteiger partial charge in [-0.25, -0.2) is 4.98 Å². The number of fused-ring (bicyclic) bond motifs is 1. The van der Waals surface area contributed by atoms with Crippen molar-refractivity contribution < 1.29 is 9.84 Å². The number of para-hydroxylation sites is 2. The highest BCUT2D eigenvalue weighted by atomic mass is 16.5. The van der Waals surface area contributed by atoms with Crippen LogP contribution in [0.3, 0.4) is 0 Å². The minimum atomic E-state index is 0.117. The minimum absolute atomic E-state index is 0.117. The van der Waals surface area contributed by atoms with E-state index in [1.807, 2.05) is 35.9 Å². The van der Waals surface area contributed by atoms with E-state index in [1.165, 1.54) is 7.11 Å². The number of hydrogen-bond acceptors (Lipinski definition) is 3. The first-order valence-electron chi connectivity index (χ1n) is 6.42. The van der Waals surface area contributed by atoms with Crippen molar-refractivity contribution in [2.75, 3.05) is 7.11 Å². The third-order valence-electron chi connectivity index (χ3n) is 3.56. The van der Waals surface area contributed by atoms with Crippen molar-refractivity contribution in [2.45, 2.75) is 6.92 Å². The molecule has 0 fully saturated rings. The smallest absolute Gasteiger partial charge is 0.168 e. The van der Waals surface area contributed by atoms with Crippen molar-refractivity contribution in [3.05, 3.63) is 42.0 Å².